The molecule has 1 fully saturated rings. The predicted molar refractivity (Wildman–Crippen MR) is 101 cm³/mol. The fourth-order valence-electron chi connectivity index (χ4n) is 3.12. The Labute approximate surface area is 160 Å². The Morgan fingerprint density at radius 3 is 2.67 bits per heavy atom. The molecule has 0 aromatic heterocycles. The van der Waals surface area contributed by atoms with Gasteiger partial charge in [0.25, 0.3) is 0 Å². The molecule has 8 nitrogen and oxygen atoms in total. The highest BCUT2D eigenvalue weighted by Gasteiger charge is 2.20. The van der Waals surface area contributed by atoms with Gasteiger partial charge < -0.3 is 25.0 Å². The summed E-state index contributed by atoms with van der Waals surface area (Å²) in [7, 11) is -3.55. The third-order valence-electron chi connectivity index (χ3n) is 4.65. The number of nitrogens with one attached hydrogen (secondary N) is 2. The normalized spacial score (nSPS) is 17.5. The Morgan fingerprint density at radius 2 is 1.89 bits per heavy atom. The first-order valence-electron chi connectivity index (χ1n) is 9.37. The number of piperazine rings is 1. The summed E-state index contributed by atoms with van der Waals surface area (Å²) in [6.45, 7) is 6.42. The highest BCUT2D eigenvalue weighted by Crippen LogP contribution is 2.32. The van der Waals surface area contributed by atoms with E-state index in [4.69, 9.17) is 9.47 Å². The van der Waals surface area contributed by atoms with Crippen LogP contribution in [-0.4, -0.2) is 77.5 Å². The minimum absolute atomic E-state index is 0.0512. The van der Waals surface area contributed by atoms with Crippen LogP contribution in [0.3, 0.4) is 0 Å². The van der Waals surface area contributed by atoms with Crippen molar-refractivity contribution < 1.29 is 22.7 Å². The molecule has 0 unspecified atom stereocenters. The summed E-state index contributed by atoms with van der Waals surface area (Å²) in [5, 5.41) is 6.11. The summed E-state index contributed by atoms with van der Waals surface area (Å²) in [6, 6.07) is 4.56. The van der Waals surface area contributed by atoms with Crippen molar-refractivity contribution in [3.8, 4) is 11.5 Å². The average molecular weight is 397 g/mol. The summed E-state index contributed by atoms with van der Waals surface area (Å²) >= 11 is 0. The van der Waals surface area contributed by atoms with Crippen molar-refractivity contribution >= 4 is 15.7 Å². The van der Waals surface area contributed by atoms with Crippen LogP contribution in [-0.2, 0) is 14.6 Å². The summed E-state index contributed by atoms with van der Waals surface area (Å²) in [4.78, 5) is 14.5. The summed E-state index contributed by atoms with van der Waals surface area (Å²) in [6.07, 6.45) is 0.811. The molecule has 2 N–H and O–H groups in total. The predicted octanol–water partition coefficient (Wildman–Crippen LogP) is 0.0331. The molecule has 1 saturated heterocycles. The molecular formula is C18H27N3O5S. The molecular weight excluding hydrogens is 370 g/mol. The van der Waals surface area contributed by atoms with E-state index in [1.165, 1.54) is 12.1 Å². The second-order valence-electron chi connectivity index (χ2n) is 6.67. The van der Waals surface area contributed by atoms with Crippen LogP contribution in [0, 0.1) is 0 Å². The maximum absolute atomic E-state index is 12.5. The van der Waals surface area contributed by atoms with Gasteiger partial charge in [-0.3, -0.25) is 4.79 Å². The first-order valence-corrected chi connectivity index (χ1v) is 11.0. The number of fused-ring (bicyclic) bond motifs is 1. The van der Waals surface area contributed by atoms with Gasteiger partial charge in [-0.05, 0) is 25.1 Å². The lowest BCUT2D eigenvalue weighted by Crippen LogP contribution is -2.44. The summed E-state index contributed by atoms with van der Waals surface area (Å²) < 4.78 is 35.8. The minimum atomic E-state index is -3.55. The Hall–Kier alpha value is -1.84. The molecule has 0 atom stereocenters. The van der Waals surface area contributed by atoms with Crippen molar-refractivity contribution in [3.63, 3.8) is 0 Å². The molecule has 0 bridgehead atoms. The zero-order valence-electron chi connectivity index (χ0n) is 15.4. The van der Waals surface area contributed by atoms with Crippen LogP contribution in [0.15, 0.2) is 23.1 Å². The molecule has 0 saturated carbocycles. The molecule has 27 heavy (non-hydrogen) atoms. The second kappa shape index (κ2) is 9.38. The molecule has 1 amide bonds. The van der Waals surface area contributed by atoms with Crippen molar-refractivity contribution in [2.75, 3.05) is 58.2 Å². The van der Waals surface area contributed by atoms with E-state index >= 15 is 0 Å². The van der Waals surface area contributed by atoms with Gasteiger partial charge in [0.1, 0.15) is 13.2 Å². The first-order chi connectivity index (χ1) is 13.0. The van der Waals surface area contributed by atoms with E-state index in [9.17, 15) is 13.2 Å². The highest BCUT2D eigenvalue weighted by atomic mass is 32.2. The van der Waals surface area contributed by atoms with Crippen LogP contribution in [0.1, 0.15) is 12.8 Å². The second-order valence-corrected chi connectivity index (χ2v) is 8.78. The fourth-order valence-corrected chi connectivity index (χ4v) is 4.37. The van der Waals surface area contributed by atoms with Crippen LogP contribution in [0.4, 0.5) is 0 Å². The van der Waals surface area contributed by atoms with E-state index in [2.05, 4.69) is 15.5 Å². The molecule has 1 aromatic rings. The number of amides is 1. The Balaban J connectivity index is 1.41. The molecule has 0 aliphatic carbocycles. The topological polar surface area (TPSA) is 97.0 Å². The molecule has 9 heteroatoms. The van der Waals surface area contributed by atoms with Gasteiger partial charge in [-0.15, -0.1) is 0 Å². The Kier molecular flexibility index (Phi) is 6.92. The third kappa shape index (κ3) is 5.82. The lowest BCUT2D eigenvalue weighted by molar-refractivity contribution is -0.120. The highest BCUT2D eigenvalue weighted by molar-refractivity contribution is 7.91. The van der Waals surface area contributed by atoms with Crippen molar-refractivity contribution in [2.45, 2.75) is 17.7 Å². The third-order valence-corrected chi connectivity index (χ3v) is 6.37. The Bertz CT molecular complexity index is 747. The van der Waals surface area contributed by atoms with E-state index in [1.54, 1.807) is 6.07 Å². The maximum Gasteiger partial charge on any atom is 0.221 e. The molecule has 2 aliphatic heterocycles. The van der Waals surface area contributed by atoms with Gasteiger partial charge in [0.15, 0.2) is 21.3 Å². The number of carbonyl (C=O) groups excluding carboxylic acids is 1. The molecule has 0 spiro atoms. The van der Waals surface area contributed by atoms with E-state index < -0.39 is 9.84 Å². The molecule has 2 heterocycles. The van der Waals surface area contributed by atoms with E-state index in [0.29, 0.717) is 31.3 Å². The smallest absolute Gasteiger partial charge is 0.221 e. The van der Waals surface area contributed by atoms with Gasteiger partial charge in [-0.25, -0.2) is 8.42 Å². The lowest BCUT2D eigenvalue weighted by atomic mass is 10.3. The maximum atomic E-state index is 12.5. The monoisotopic (exact) mass is 397 g/mol. The zero-order chi connectivity index (χ0) is 19.1. The molecule has 1 aromatic carbocycles. The Morgan fingerprint density at radius 1 is 1.15 bits per heavy atom. The van der Waals surface area contributed by atoms with Crippen LogP contribution >= 0.6 is 0 Å². The lowest BCUT2D eigenvalue weighted by Gasteiger charge is -2.27. The van der Waals surface area contributed by atoms with Crippen LogP contribution in [0.2, 0.25) is 0 Å². The SMILES string of the molecule is O=C(CCS(=O)(=O)c1ccc2c(c1)OCCO2)NCCCN1CCNCC1. The molecule has 3 rings (SSSR count). The van der Waals surface area contributed by atoms with E-state index in [1.807, 2.05) is 0 Å². The van der Waals surface area contributed by atoms with Gasteiger partial charge in [-0.1, -0.05) is 0 Å². The number of hydrogen-bond acceptors (Lipinski definition) is 7. The van der Waals surface area contributed by atoms with E-state index in [0.717, 1.165) is 39.1 Å². The fraction of sp³-hybridized carbons (Fsp3) is 0.611. The van der Waals surface area contributed by atoms with Crippen LogP contribution in [0.25, 0.3) is 0 Å². The first kappa shape index (κ1) is 19.9. The number of hydrogen-bond donors (Lipinski definition) is 2. The van der Waals surface area contributed by atoms with Crippen molar-refractivity contribution in [1.82, 2.24) is 15.5 Å². The van der Waals surface area contributed by atoms with Crippen LogP contribution in [0.5, 0.6) is 11.5 Å². The van der Waals surface area contributed by atoms with Gasteiger partial charge in [0.2, 0.25) is 5.91 Å². The number of ether oxygens (including phenoxy) is 2. The van der Waals surface area contributed by atoms with Crippen molar-refractivity contribution in [1.29, 1.82) is 0 Å². The number of benzene rings is 1. The van der Waals surface area contributed by atoms with Crippen molar-refractivity contribution in [2.24, 2.45) is 0 Å². The van der Waals surface area contributed by atoms with Gasteiger partial charge in [-0.2, -0.15) is 0 Å². The molecule has 2 aliphatic rings. The molecule has 150 valence electrons. The quantitative estimate of drug-likeness (QED) is 0.598. The van der Waals surface area contributed by atoms with Gasteiger partial charge in [0.05, 0.1) is 10.6 Å². The van der Waals surface area contributed by atoms with Crippen LogP contribution < -0.4 is 20.1 Å². The van der Waals surface area contributed by atoms with E-state index in [-0.39, 0.29) is 23.0 Å². The summed E-state index contributed by atoms with van der Waals surface area (Å²) in [5.41, 5.74) is 0. The minimum Gasteiger partial charge on any atom is -0.486 e. The zero-order valence-corrected chi connectivity index (χ0v) is 16.2. The number of rotatable bonds is 8. The van der Waals surface area contributed by atoms with Gasteiger partial charge in [0, 0.05) is 45.2 Å². The standard InChI is InChI=1S/C18H27N3O5S/c22-18(20-5-1-8-21-9-6-19-7-10-21)4-13-27(23,24)15-2-3-16-17(14-15)26-12-11-25-16/h2-3,14,19H,1,4-13H2,(H,20,22). The van der Waals surface area contributed by atoms with Crippen molar-refractivity contribution in [3.05, 3.63) is 18.2 Å². The number of nitrogens with zero attached hydrogens (tertiary/aromatic N) is 1. The number of carbonyl (C=O) groups is 1. The largest absolute Gasteiger partial charge is 0.486 e. The summed E-state index contributed by atoms with van der Waals surface area (Å²) in [5.74, 6) is 0.509. The molecule has 0 radical (unpaired) electrons. The number of sulfone groups is 1. The average Bonchev–Trinajstić information content (AvgIpc) is 2.70. The van der Waals surface area contributed by atoms with Gasteiger partial charge >= 0.3 is 0 Å².